The number of carbonyl (C=O) groups excluding carboxylic acids is 2. The van der Waals surface area contributed by atoms with E-state index in [-0.39, 0.29) is 11.8 Å². The highest BCUT2D eigenvalue weighted by atomic mass is 32.1. The maximum atomic E-state index is 13.3. The second-order valence-corrected chi connectivity index (χ2v) is 8.37. The molecule has 1 aromatic heterocycles. The maximum Gasteiger partial charge on any atom is 0.231 e. The molecule has 1 N–H and O–H groups in total. The molecule has 1 saturated heterocycles. The fourth-order valence-electron chi connectivity index (χ4n) is 3.89. The summed E-state index contributed by atoms with van der Waals surface area (Å²) in [4.78, 5) is 28.1. The van der Waals surface area contributed by atoms with Crippen molar-refractivity contribution in [3.63, 3.8) is 0 Å². The highest BCUT2D eigenvalue weighted by molar-refractivity contribution is 7.15. The molecule has 0 saturated carbocycles. The first-order valence-corrected chi connectivity index (χ1v) is 11.1. The molecule has 4 rings (SSSR count). The fourth-order valence-corrected chi connectivity index (χ4v) is 4.57. The fraction of sp³-hybridized carbons (Fsp3) is 0.304. The summed E-state index contributed by atoms with van der Waals surface area (Å²) in [6.07, 6.45) is 1.53. The summed E-state index contributed by atoms with van der Waals surface area (Å²) in [7, 11) is 1.60. The SMILES string of the molecule is CCc1nnc(NC(=O)C2CCC(=O)N(c3ccc(OC)cc3)C2c2ccccc2)s1. The minimum atomic E-state index is -0.422. The van der Waals surface area contributed by atoms with Crippen LogP contribution in [0.2, 0.25) is 0 Å². The van der Waals surface area contributed by atoms with Crippen LogP contribution in [0.1, 0.15) is 36.4 Å². The van der Waals surface area contributed by atoms with E-state index in [2.05, 4.69) is 15.5 Å². The Morgan fingerprint density at radius 2 is 1.90 bits per heavy atom. The number of nitrogens with zero attached hydrogens (tertiary/aromatic N) is 3. The van der Waals surface area contributed by atoms with E-state index in [1.54, 1.807) is 12.0 Å². The second-order valence-electron chi connectivity index (χ2n) is 7.31. The number of aromatic nitrogens is 2. The Hall–Kier alpha value is -3.26. The third kappa shape index (κ3) is 4.44. The van der Waals surface area contributed by atoms with Gasteiger partial charge in [0, 0.05) is 12.1 Å². The zero-order chi connectivity index (χ0) is 21.8. The summed E-state index contributed by atoms with van der Waals surface area (Å²) < 4.78 is 5.25. The van der Waals surface area contributed by atoms with Gasteiger partial charge in [0.15, 0.2) is 0 Å². The standard InChI is InChI=1S/C23H24N4O3S/c1-3-19-25-26-23(31-19)24-22(29)18-13-14-20(28)27(16-9-11-17(30-2)12-10-16)21(18)15-7-5-4-6-8-15/h4-12,18,21H,3,13-14H2,1-2H3,(H,24,26,29). The van der Waals surface area contributed by atoms with E-state index in [4.69, 9.17) is 4.74 Å². The van der Waals surface area contributed by atoms with Gasteiger partial charge in [0.25, 0.3) is 0 Å². The van der Waals surface area contributed by atoms with Crippen molar-refractivity contribution in [3.05, 3.63) is 65.2 Å². The van der Waals surface area contributed by atoms with E-state index in [9.17, 15) is 9.59 Å². The Bertz CT molecular complexity index is 1050. The number of ether oxygens (including phenoxy) is 1. The summed E-state index contributed by atoms with van der Waals surface area (Å²) in [6, 6.07) is 16.6. The minimum absolute atomic E-state index is 0.00717. The quantitative estimate of drug-likeness (QED) is 0.625. The Labute approximate surface area is 185 Å². The molecule has 0 spiro atoms. The topological polar surface area (TPSA) is 84.4 Å². The average molecular weight is 437 g/mol. The molecule has 2 amide bonds. The molecule has 2 atom stereocenters. The number of hydrogen-bond acceptors (Lipinski definition) is 6. The van der Waals surface area contributed by atoms with Gasteiger partial charge in [-0.3, -0.25) is 9.59 Å². The normalized spacial score (nSPS) is 18.6. The number of anilines is 2. The number of piperidine rings is 1. The van der Waals surface area contributed by atoms with Crippen molar-refractivity contribution in [1.29, 1.82) is 0 Å². The third-order valence-electron chi connectivity index (χ3n) is 5.43. The molecule has 0 bridgehead atoms. The van der Waals surface area contributed by atoms with E-state index in [1.807, 2.05) is 61.5 Å². The van der Waals surface area contributed by atoms with Crippen molar-refractivity contribution in [2.45, 2.75) is 32.2 Å². The van der Waals surface area contributed by atoms with E-state index < -0.39 is 12.0 Å². The number of carbonyl (C=O) groups is 2. The Balaban J connectivity index is 1.69. The number of amides is 2. The van der Waals surface area contributed by atoms with E-state index >= 15 is 0 Å². The lowest BCUT2D eigenvalue weighted by atomic mass is 9.83. The van der Waals surface area contributed by atoms with Gasteiger partial charge in [-0.2, -0.15) is 0 Å². The first-order valence-electron chi connectivity index (χ1n) is 10.2. The van der Waals surface area contributed by atoms with Crippen LogP contribution in [-0.4, -0.2) is 29.1 Å². The summed E-state index contributed by atoms with van der Waals surface area (Å²) >= 11 is 1.38. The molecule has 0 radical (unpaired) electrons. The van der Waals surface area contributed by atoms with Crippen LogP contribution >= 0.6 is 11.3 Å². The van der Waals surface area contributed by atoms with Crippen LogP contribution < -0.4 is 15.0 Å². The van der Waals surface area contributed by atoms with Gasteiger partial charge in [-0.25, -0.2) is 0 Å². The minimum Gasteiger partial charge on any atom is -0.497 e. The molecule has 8 heteroatoms. The van der Waals surface area contributed by atoms with Crippen LogP contribution in [0, 0.1) is 5.92 Å². The van der Waals surface area contributed by atoms with Crippen LogP contribution in [0.4, 0.5) is 10.8 Å². The summed E-state index contributed by atoms with van der Waals surface area (Å²) in [6.45, 7) is 2.00. The van der Waals surface area contributed by atoms with Crippen molar-refractivity contribution >= 4 is 34.0 Å². The lowest BCUT2D eigenvalue weighted by molar-refractivity contribution is -0.125. The lowest BCUT2D eigenvalue weighted by Crippen LogP contribution is -2.46. The Morgan fingerprint density at radius 3 is 2.55 bits per heavy atom. The number of methoxy groups -OCH3 is 1. The molecular formula is C23H24N4O3S. The Kier molecular flexibility index (Phi) is 6.27. The maximum absolute atomic E-state index is 13.3. The number of hydrogen-bond donors (Lipinski definition) is 1. The lowest BCUT2D eigenvalue weighted by Gasteiger charge is -2.40. The van der Waals surface area contributed by atoms with Crippen LogP contribution in [0.25, 0.3) is 0 Å². The largest absolute Gasteiger partial charge is 0.497 e. The van der Waals surface area contributed by atoms with Crippen LogP contribution in [-0.2, 0) is 16.0 Å². The summed E-state index contributed by atoms with van der Waals surface area (Å²) in [5.74, 6) is 0.129. The van der Waals surface area contributed by atoms with Crippen molar-refractivity contribution in [2.24, 2.45) is 5.92 Å². The smallest absolute Gasteiger partial charge is 0.231 e. The van der Waals surface area contributed by atoms with Crippen molar-refractivity contribution in [3.8, 4) is 5.75 Å². The van der Waals surface area contributed by atoms with Gasteiger partial charge >= 0.3 is 0 Å². The molecule has 160 valence electrons. The number of benzene rings is 2. The van der Waals surface area contributed by atoms with Gasteiger partial charge in [0.1, 0.15) is 10.8 Å². The van der Waals surface area contributed by atoms with Gasteiger partial charge in [-0.15, -0.1) is 10.2 Å². The predicted octanol–water partition coefficient (Wildman–Crippen LogP) is 4.23. The van der Waals surface area contributed by atoms with E-state index in [1.165, 1.54) is 11.3 Å². The van der Waals surface area contributed by atoms with Gasteiger partial charge in [-0.05, 0) is 42.7 Å². The molecule has 0 aliphatic carbocycles. The average Bonchev–Trinajstić information content (AvgIpc) is 3.27. The monoisotopic (exact) mass is 436 g/mol. The van der Waals surface area contributed by atoms with E-state index in [0.29, 0.717) is 23.7 Å². The third-order valence-corrected chi connectivity index (χ3v) is 6.41. The summed E-state index contributed by atoms with van der Waals surface area (Å²) in [5.41, 5.74) is 1.65. The molecule has 2 heterocycles. The molecule has 1 fully saturated rings. The Morgan fingerprint density at radius 1 is 1.16 bits per heavy atom. The molecule has 1 aliphatic rings. The van der Waals surface area contributed by atoms with Crippen LogP contribution in [0.15, 0.2) is 54.6 Å². The molecule has 2 unspecified atom stereocenters. The summed E-state index contributed by atoms with van der Waals surface area (Å²) in [5, 5.41) is 12.4. The highest BCUT2D eigenvalue weighted by Gasteiger charge is 2.41. The molecule has 1 aliphatic heterocycles. The zero-order valence-electron chi connectivity index (χ0n) is 17.4. The molecule has 2 aromatic carbocycles. The highest BCUT2D eigenvalue weighted by Crippen LogP contribution is 2.41. The number of rotatable bonds is 6. The number of aryl methyl sites for hydroxylation is 1. The predicted molar refractivity (Wildman–Crippen MR) is 120 cm³/mol. The van der Waals surface area contributed by atoms with Crippen LogP contribution in [0.3, 0.4) is 0 Å². The van der Waals surface area contributed by atoms with E-state index in [0.717, 1.165) is 22.7 Å². The van der Waals surface area contributed by atoms with Crippen molar-refractivity contribution < 1.29 is 14.3 Å². The van der Waals surface area contributed by atoms with Crippen LogP contribution in [0.5, 0.6) is 5.75 Å². The molecular weight excluding hydrogens is 412 g/mol. The first-order chi connectivity index (χ1) is 15.1. The zero-order valence-corrected chi connectivity index (χ0v) is 18.3. The second kappa shape index (κ2) is 9.26. The van der Waals surface area contributed by atoms with Crippen molar-refractivity contribution in [2.75, 3.05) is 17.3 Å². The van der Waals surface area contributed by atoms with Crippen molar-refractivity contribution in [1.82, 2.24) is 10.2 Å². The molecule has 3 aromatic rings. The molecule has 31 heavy (non-hydrogen) atoms. The number of nitrogens with one attached hydrogen (secondary N) is 1. The first kappa shape index (κ1) is 21.0. The molecule has 7 nitrogen and oxygen atoms in total. The van der Waals surface area contributed by atoms with Gasteiger partial charge in [-0.1, -0.05) is 48.6 Å². The van der Waals surface area contributed by atoms with Gasteiger partial charge in [0.05, 0.1) is 19.1 Å². The van der Waals surface area contributed by atoms with Gasteiger partial charge < -0.3 is 15.0 Å². The van der Waals surface area contributed by atoms with Gasteiger partial charge in [0.2, 0.25) is 16.9 Å².